The van der Waals surface area contributed by atoms with Gasteiger partial charge in [0.2, 0.25) is 0 Å². The number of fused-ring (bicyclic) bond motifs is 1. The van der Waals surface area contributed by atoms with E-state index in [1.165, 1.54) is 11.3 Å². The number of aryl methyl sites for hydroxylation is 1. The number of rotatable bonds is 2. The van der Waals surface area contributed by atoms with Crippen LogP contribution in [-0.2, 0) is 6.42 Å². The fourth-order valence-corrected chi connectivity index (χ4v) is 4.04. The van der Waals surface area contributed by atoms with Crippen molar-refractivity contribution in [3.63, 3.8) is 0 Å². The van der Waals surface area contributed by atoms with Crippen molar-refractivity contribution < 1.29 is 14.3 Å². The smallest absolute Gasteiger partial charge is 0.264 e. The van der Waals surface area contributed by atoms with E-state index in [-0.39, 0.29) is 11.8 Å². The Bertz CT molecular complexity index is 780. The average molecular weight is 356 g/mol. The Morgan fingerprint density at radius 2 is 1.76 bits per heavy atom. The number of hydrogen-bond donors (Lipinski definition) is 0. The van der Waals surface area contributed by atoms with E-state index in [0.29, 0.717) is 31.7 Å². The molecule has 2 aliphatic rings. The number of hydrogen-bond acceptors (Lipinski definition) is 4. The van der Waals surface area contributed by atoms with Gasteiger partial charge in [0.1, 0.15) is 5.75 Å². The summed E-state index contributed by atoms with van der Waals surface area (Å²) in [5, 5.41) is 1.91. The van der Waals surface area contributed by atoms with Gasteiger partial charge in [-0.15, -0.1) is 11.3 Å². The summed E-state index contributed by atoms with van der Waals surface area (Å²) in [6.45, 7) is 3.06. The van der Waals surface area contributed by atoms with Crippen molar-refractivity contribution in [1.29, 1.82) is 0 Å². The summed E-state index contributed by atoms with van der Waals surface area (Å²) in [4.78, 5) is 29.6. The molecular formula is C19H20N2O3S. The van der Waals surface area contributed by atoms with Gasteiger partial charge in [0, 0.05) is 31.7 Å². The highest BCUT2D eigenvalue weighted by molar-refractivity contribution is 7.12. The molecule has 3 heterocycles. The number of carbonyl (C=O) groups is 2. The molecule has 0 spiro atoms. The van der Waals surface area contributed by atoms with E-state index in [2.05, 4.69) is 0 Å². The van der Waals surface area contributed by atoms with E-state index >= 15 is 0 Å². The van der Waals surface area contributed by atoms with Crippen LogP contribution in [0.2, 0.25) is 0 Å². The SMILES string of the molecule is O=C(c1ccc2c(c1)CCCO2)N1CCN(C(=O)c2cccs2)CC1. The van der Waals surface area contributed by atoms with Gasteiger partial charge in [0.15, 0.2) is 0 Å². The quantitative estimate of drug-likeness (QED) is 0.831. The van der Waals surface area contributed by atoms with Crippen molar-refractivity contribution in [3.05, 3.63) is 51.7 Å². The van der Waals surface area contributed by atoms with Crippen molar-refractivity contribution in [3.8, 4) is 5.75 Å². The van der Waals surface area contributed by atoms with Gasteiger partial charge in [0.25, 0.3) is 11.8 Å². The predicted octanol–water partition coefficient (Wildman–Crippen LogP) is 2.67. The van der Waals surface area contributed by atoms with Crippen LogP contribution in [0.15, 0.2) is 35.7 Å². The van der Waals surface area contributed by atoms with Crippen LogP contribution in [0.25, 0.3) is 0 Å². The highest BCUT2D eigenvalue weighted by Crippen LogP contribution is 2.26. The Morgan fingerprint density at radius 3 is 2.48 bits per heavy atom. The van der Waals surface area contributed by atoms with Crippen LogP contribution < -0.4 is 4.74 Å². The normalized spacial score (nSPS) is 17.0. The number of benzene rings is 1. The van der Waals surface area contributed by atoms with Gasteiger partial charge < -0.3 is 14.5 Å². The van der Waals surface area contributed by atoms with Gasteiger partial charge in [0.05, 0.1) is 11.5 Å². The second-order valence-corrected chi connectivity index (χ2v) is 7.28. The molecule has 1 saturated heterocycles. The summed E-state index contributed by atoms with van der Waals surface area (Å²) in [6, 6.07) is 9.44. The first-order valence-electron chi connectivity index (χ1n) is 8.60. The molecule has 4 rings (SSSR count). The fraction of sp³-hybridized carbons (Fsp3) is 0.368. The Kier molecular flexibility index (Phi) is 4.44. The number of thiophene rings is 1. The summed E-state index contributed by atoms with van der Waals surface area (Å²) < 4.78 is 5.61. The molecule has 2 aromatic rings. The summed E-state index contributed by atoms with van der Waals surface area (Å²) in [7, 11) is 0. The molecule has 0 atom stereocenters. The molecule has 0 bridgehead atoms. The number of amides is 2. The highest BCUT2D eigenvalue weighted by atomic mass is 32.1. The molecule has 1 fully saturated rings. The number of nitrogens with zero attached hydrogens (tertiary/aromatic N) is 2. The monoisotopic (exact) mass is 356 g/mol. The molecule has 0 radical (unpaired) electrons. The lowest BCUT2D eigenvalue weighted by atomic mass is 10.0. The highest BCUT2D eigenvalue weighted by Gasteiger charge is 2.26. The molecule has 1 aromatic heterocycles. The largest absolute Gasteiger partial charge is 0.493 e. The van der Waals surface area contributed by atoms with Crippen LogP contribution in [-0.4, -0.2) is 54.4 Å². The fourth-order valence-electron chi connectivity index (χ4n) is 3.34. The van der Waals surface area contributed by atoms with Gasteiger partial charge >= 0.3 is 0 Å². The number of piperazine rings is 1. The molecule has 0 unspecified atom stereocenters. The van der Waals surface area contributed by atoms with Crippen molar-refractivity contribution in [2.75, 3.05) is 32.8 Å². The first-order valence-corrected chi connectivity index (χ1v) is 9.48. The molecule has 2 aliphatic heterocycles. The second kappa shape index (κ2) is 6.88. The van der Waals surface area contributed by atoms with Crippen molar-refractivity contribution in [1.82, 2.24) is 9.80 Å². The third-order valence-corrected chi connectivity index (χ3v) is 5.60. The van der Waals surface area contributed by atoms with Crippen LogP contribution >= 0.6 is 11.3 Å². The maximum atomic E-state index is 12.8. The van der Waals surface area contributed by atoms with Gasteiger partial charge in [-0.3, -0.25) is 9.59 Å². The summed E-state index contributed by atoms with van der Waals surface area (Å²) in [6.07, 6.45) is 1.95. The van der Waals surface area contributed by atoms with E-state index in [9.17, 15) is 9.59 Å². The van der Waals surface area contributed by atoms with E-state index in [1.54, 1.807) is 0 Å². The standard InChI is InChI=1S/C19H20N2O3S/c22-18(15-5-6-16-14(13-15)3-1-11-24-16)20-7-9-21(10-8-20)19(23)17-4-2-12-25-17/h2,4-6,12-13H,1,3,7-11H2. The molecule has 6 heteroatoms. The van der Waals surface area contributed by atoms with E-state index in [4.69, 9.17) is 4.74 Å². The first-order chi connectivity index (χ1) is 12.2. The van der Waals surface area contributed by atoms with Crippen molar-refractivity contribution >= 4 is 23.2 Å². The Hall–Kier alpha value is -2.34. The lowest BCUT2D eigenvalue weighted by Crippen LogP contribution is -2.50. The lowest BCUT2D eigenvalue weighted by molar-refractivity contribution is 0.0538. The molecule has 5 nitrogen and oxygen atoms in total. The van der Waals surface area contributed by atoms with Gasteiger partial charge in [-0.05, 0) is 48.1 Å². The zero-order valence-electron chi connectivity index (χ0n) is 13.9. The lowest BCUT2D eigenvalue weighted by Gasteiger charge is -2.34. The molecule has 1 aromatic carbocycles. The minimum atomic E-state index is 0.0385. The molecule has 0 aliphatic carbocycles. The third kappa shape index (κ3) is 3.26. The maximum Gasteiger partial charge on any atom is 0.264 e. The van der Waals surface area contributed by atoms with Gasteiger partial charge in [-0.25, -0.2) is 0 Å². The minimum absolute atomic E-state index is 0.0385. The van der Waals surface area contributed by atoms with Crippen LogP contribution in [0.4, 0.5) is 0 Å². The van der Waals surface area contributed by atoms with Crippen LogP contribution in [0.3, 0.4) is 0 Å². The molecule has 2 amide bonds. The summed E-state index contributed by atoms with van der Waals surface area (Å²) >= 11 is 1.46. The minimum Gasteiger partial charge on any atom is -0.493 e. The number of carbonyl (C=O) groups excluding carboxylic acids is 2. The third-order valence-electron chi connectivity index (χ3n) is 4.74. The van der Waals surface area contributed by atoms with Crippen molar-refractivity contribution in [2.45, 2.75) is 12.8 Å². The van der Waals surface area contributed by atoms with Crippen molar-refractivity contribution in [2.24, 2.45) is 0 Å². The van der Waals surface area contributed by atoms with Crippen LogP contribution in [0.5, 0.6) is 5.75 Å². The molecular weight excluding hydrogens is 336 g/mol. The number of ether oxygens (including phenoxy) is 1. The topological polar surface area (TPSA) is 49.9 Å². The Labute approximate surface area is 150 Å². The van der Waals surface area contributed by atoms with E-state index in [0.717, 1.165) is 35.6 Å². The molecule has 25 heavy (non-hydrogen) atoms. The van der Waals surface area contributed by atoms with Gasteiger partial charge in [-0.1, -0.05) is 6.07 Å². The molecule has 0 saturated carbocycles. The Morgan fingerprint density at radius 1 is 1.00 bits per heavy atom. The summed E-state index contributed by atoms with van der Waals surface area (Å²) in [5.41, 5.74) is 1.82. The molecule has 130 valence electrons. The van der Waals surface area contributed by atoms with Gasteiger partial charge in [-0.2, -0.15) is 0 Å². The van der Waals surface area contributed by atoms with E-state index in [1.807, 2.05) is 45.5 Å². The average Bonchev–Trinajstić information content (AvgIpc) is 3.21. The first kappa shape index (κ1) is 16.1. The zero-order valence-corrected chi connectivity index (χ0v) is 14.8. The second-order valence-electron chi connectivity index (χ2n) is 6.34. The zero-order chi connectivity index (χ0) is 17.2. The van der Waals surface area contributed by atoms with E-state index < -0.39 is 0 Å². The van der Waals surface area contributed by atoms with Crippen LogP contribution in [0, 0.1) is 0 Å². The maximum absolute atomic E-state index is 12.8. The Balaban J connectivity index is 1.40. The van der Waals surface area contributed by atoms with Crippen LogP contribution in [0.1, 0.15) is 32.0 Å². The summed E-state index contributed by atoms with van der Waals surface area (Å²) in [5.74, 6) is 0.999. The molecule has 0 N–H and O–H groups in total. The predicted molar refractivity (Wildman–Crippen MR) is 96.4 cm³/mol.